The predicted molar refractivity (Wildman–Crippen MR) is 98.5 cm³/mol. The van der Waals surface area contributed by atoms with Crippen LogP contribution in [0.4, 0.5) is 0 Å². The van der Waals surface area contributed by atoms with Crippen LogP contribution in [0, 0.1) is 0 Å². The molecular weight excluding hydrogens is 336 g/mol. The molecule has 0 aliphatic heterocycles. The number of benzene rings is 2. The molecule has 0 aliphatic rings. The monoisotopic (exact) mass is 358 g/mol. The van der Waals surface area contributed by atoms with Gasteiger partial charge in [0.1, 0.15) is 0 Å². The van der Waals surface area contributed by atoms with Gasteiger partial charge in [-0.25, -0.2) is 5.43 Å². The molecular formula is C19H22N2O5. The van der Waals surface area contributed by atoms with Crippen molar-refractivity contribution in [1.82, 2.24) is 5.43 Å². The average Bonchev–Trinajstić information content (AvgIpc) is 2.64. The summed E-state index contributed by atoms with van der Waals surface area (Å²) in [6.45, 7) is 4.57. The van der Waals surface area contributed by atoms with Crippen molar-refractivity contribution in [2.24, 2.45) is 5.10 Å². The molecule has 7 nitrogen and oxygen atoms in total. The number of carbonyl (C=O) groups excluding carboxylic acids is 1. The van der Waals surface area contributed by atoms with E-state index in [1.165, 1.54) is 19.4 Å². The van der Waals surface area contributed by atoms with Crippen molar-refractivity contribution < 1.29 is 24.1 Å². The molecule has 0 spiro atoms. The van der Waals surface area contributed by atoms with Crippen molar-refractivity contribution in [2.75, 3.05) is 20.3 Å². The number of nitrogens with one attached hydrogen (secondary N) is 1. The van der Waals surface area contributed by atoms with Crippen LogP contribution in [0.25, 0.3) is 0 Å². The lowest BCUT2D eigenvalue weighted by atomic mass is 10.2. The highest BCUT2D eigenvalue weighted by atomic mass is 16.5. The fraction of sp³-hybridized carbons (Fsp3) is 0.263. The molecule has 0 unspecified atom stereocenters. The normalized spacial score (nSPS) is 10.6. The topological polar surface area (TPSA) is 89.4 Å². The Morgan fingerprint density at radius 1 is 1.08 bits per heavy atom. The highest BCUT2D eigenvalue weighted by Gasteiger charge is 2.10. The van der Waals surface area contributed by atoms with Gasteiger partial charge in [0.2, 0.25) is 0 Å². The number of methoxy groups -OCH3 is 1. The Morgan fingerprint density at radius 3 is 2.50 bits per heavy atom. The number of phenols is 1. The van der Waals surface area contributed by atoms with Gasteiger partial charge in [-0.2, -0.15) is 5.10 Å². The standard InChI is InChI=1S/C19H22N2O5/c1-4-25-17-10-13(6-8-15(17)22)12-20-21-19(23)14-7-9-16(24-3)18(11-14)26-5-2/h6-12,22H,4-5H2,1-3H3,(H,21,23)/b20-12+. The second kappa shape index (κ2) is 9.31. The van der Waals surface area contributed by atoms with Crippen LogP contribution in [0.2, 0.25) is 0 Å². The summed E-state index contributed by atoms with van der Waals surface area (Å²) in [5.41, 5.74) is 3.52. The molecule has 0 fully saturated rings. The predicted octanol–water partition coefficient (Wildman–Crippen LogP) is 2.96. The molecule has 138 valence electrons. The van der Waals surface area contributed by atoms with Gasteiger partial charge in [0, 0.05) is 5.56 Å². The molecule has 2 N–H and O–H groups in total. The van der Waals surface area contributed by atoms with E-state index in [1.807, 2.05) is 13.8 Å². The number of amides is 1. The summed E-state index contributed by atoms with van der Waals surface area (Å²) in [6, 6.07) is 9.69. The van der Waals surface area contributed by atoms with E-state index in [0.717, 1.165) is 0 Å². The summed E-state index contributed by atoms with van der Waals surface area (Å²) in [6.07, 6.45) is 1.47. The molecule has 2 aromatic carbocycles. The zero-order valence-corrected chi connectivity index (χ0v) is 15.0. The molecule has 0 bridgehead atoms. The summed E-state index contributed by atoms with van der Waals surface area (Å²) in [5, 5.41) is 13.6. The summed E-state index contributed by atoms with van der Waals surface area (Å²) >= 11 is 0. The Morgan fingerprint density at radius 2 is 1.81 bits per heavy atom. The molecule has 1 amide bonds. The number of aromatic hydroxyl groups is 1. The van der Waals surface area contributed by atoms with Crippen molar-refractivity contribution >= 4 is 12.1 Å². The second-order valence-corrected chi connectivity index (χ2v) is 5.16. The van der Waals surface area contributed by atoms with E-state index in [2.05, 4.69) is 10.5 Å². The minimum absolute atomic E-state index is 0.0507. The Balaban J connectivity index is 2.07. The number of phenolic OH excluding ortho intramolecular Hbond substituents is 1. The van der Waals surface area contributed by atoms with Crippen molar-refractivity contribution in [3.63, 3.8) is 0 Å². The Bertz CT molecular complexity index is 789. The van der Waals surface area contributed by atoms with Gasteiger partial charge in [0.15, 0.2) is 23.0 Å². The third kappa shape index (κ3) is 4.89. The number of hydrogen-bond donors (Lipinski definition) is 2. The first-order valence-corrected chi connectivity index (χ1v) is 8.19. The van der Waals surface area contributed by atoms with Gasteiger partial charge in [0.25, 0.3) is 5.91 Å². The molecule has 0 aromatic heterocycles. The summed E-state index contributed by atoms with van der Waals surface area (Å²) in [4.78, 5) is 12.2. The van der Waals surface area contributed by atoms with Crippen LogP contribution in [0.1, 0.15) is 29.8 Å². The number of nitrogens with zero attached hydrogens (tertiary/aromatic N) is 1. The van der Waals surface area contributed by atoms with E-state index >= 15 is 0 Å². The molecule has 0 radical (unpaired) electrons. The van der Waals surface area contributed by atoms with E-state index in [4.69, 9.17) is 14.2 Å². The zero-order chi connectivity index (χ0) is 18.9. The zero-order valence-electron chi connectivity index (χ0n) is 15.0. The Hall–Kier alpha value is -3.22. The van der Waals surface area contributed by atoms with Crippen molar-refractivity contribution in [3.05, 3.63) is 47.5 Å². The Labute approximate surface area is 152 Å². The molecule has 2 rings (SSSR count). The van der Waals surface area contributed by atoms with Crippen molar-refractivity contribution in [2.45, 2.75) is 13.8 Å². The van der Waals surface area contributed by atoms with E-state index < -0.39 is 0 Å². The van der Waals surface area contributed by atoms with Crippen molar-refractivity contribution in [3.8, 4) is 23.0 Å². The fourth-order valence-corrected chi connectivity index (χ4v) is 2.20. The van der Waals surface area contributed by atoms with Gasteiger partial charge in [0.05, 0.1) is 26.5 Å². The van der Waals surface area contributed by atoms with Gasteiger partial charge in [-0.15, -0.1) is 0 Å². The molecule has 0 heterocycles. The quantitative estimate of drug-likeness (QED) is 0.559. The maximum absolute atomic E-state index is 12.2. The van der Waals surface area contributed by atoms with Crippen LogP contribution in [0.5, 0.6) is 23.0 Å². The van der Waals surface area contributed by atoms with Crippen LogP contribution in [0.3, 0.4) is 0 Å². The van der Waals surface area contributed by atoms with Gasteiger partial charge in [-0.1, -0.05) is 0 Å². The molecule has 0 aliphatic carbocycles. The maximum atomic E-state index is 12.2. The first-order valence-electron chi connectivity index (χ1n) is 8.19. The molecule has 7 heteroatoms. The smallest absolute Gasteiger partial charge is 0.271 e. The maximum Gasteiger partial charge on any atom is 0.271 e. The lowest BCUT2D eigenvalue weighted by molar-refractivity contribution is 0.0954. The summed E-state index contributed by atoms with van der Waals surface area (Å²) < 4.78 is 16.0. The molecule has 0 saturated carbocycles. The lowest BCUT2D eigenvalue weighted by Crippen LogP contribution is -2.17. The van der Waals surface area contributed by atoms with E-state index in [-0.39, 0.29) is 11.7 Å². The number of hydrogen-bond acceptors (Lipinski definition) is 6. The van der Waals surface area contributed by atoms with E-state index in [0.29, 0.717) is 41.6 Å². The van der Waals surface area contributed by atoms with Crippen LogP contribution < -0.4 is 19.6 Å². The van der Waals surface area contributed by atoms with Crippen LogP contribution in [0.15, 0.2) is 41.5 Å². The van der Waals surface area contributed by atoms with Gasteiger partial charge in [-0.3, -0.25) is 4.79 Å². The van der Waals surface area contributed by atoms with Gasteiger partial charge in [-0.05, 0) is 55.8 Å². The number of hydrazone groups is 1. The third-order valence-electron chi connectivity index (χ3n) is 3.39. The van der Waals surface area contributed by atoms with Gasteiger partial charge < -0.3 is 19.3 Å². The SMILES string of the molecule is CCOc1cc(/C=N/NC(=O)c2ccc(OC)c(OCC)c2)ccc1O. The minimum Gasteiger partial charge on any atom is -0.504 e. The second-order valence-electron chi connectivity index (χ2n) is 5.16. The third-order valence-corrected chi connectivity index (χ3v) is 3.39. The highest BCUT2D eigenvalue weighted by Crippen LogP contribution is 2.28. The highest BCUT2D eigenvalue weighted by molar-refractivity contribution is 5.95. The number of carbonyl (C=O) groups is 1. The first kappa shape index (κ1) is 19.1. The lowest BCUT2D eigenvalue weighted by Gasteiger charge is -2.10. The molecule has 0 atom stereocenters. The Kier molecular flexibility index (Phi) is 6.84. The average molecular weight is 358 g/mol. The largest absolute Gasteiger partial charge is 0.504 e. The van der Waals surface area contributed by atoms with E-state index in [9.17, 15) is 9.90 Å². The van der Waals surface area contributed by atoms with Crippen LogP contribution in [-0.2, 0) is 0 Å². The molecule has 0 saturated heterocycles. The van der Waals surface area contributed by atoms with Crippen LogP contribution >= 0.6 is 0 Å². The molecule has 2 aromatic rings. The summed E-state index contributed by atoms with van der Waals surface area (Å²) in [5.74, 6) is 1.08. The van der Waals surface area contributed by atoms with Gasteiger partial charge >= 0.3 is 0 Å². The van der Waals surface area contributed by atoms with E-state index in [1.54, 1.807) is 30.3 Å². The fourth-order valence-electron chi connectivity index (χ4n) is 2.20. The number of ether oxygens (including phenoxy) is 3. The minimum atomic E-state index is -0.381. The van der Waals surface area contributed by atoms with Crippen molar-refractivity contribution in [1.29, 1.82) is 0 Å². The number of rotatable bonds is 8. The summed E-state index contributed by atoms with van der Waals surface area (Å²) in [7, 11) is 1.54. The molecule has 26 heavy (non-hydrogen) atoms. The first-order chi connectivity index (χ1) is 12.6. The van der Waals surface area contributed by atoms with Crippen LogP contribution in [-0.4, -0.2) is 37.6 Å².